The van der Waals surface area contributed by atoms with Crippen LogP contribution in [-0.2, 0) is 14.3 Å². The van der Waals surface area contributed by atoms with E-state index in [4.69, 9.17) is 27.9 Å². The Bertz CT molecular complexity index is 579. The van der Waals surface area contributed by atoms with Crippen LogP contribution in [0.2, 0.25) is 10.0 Å². The van der Waals surface area contributed by atoms with Crippen LogP contribution in [0.25, 0.3) is 0 Å². The fraction of sp³-hybridized carbons (Fsp3) is 0.400. The monoisotopic (exact) mass is 360 g/mol. The van der Waals surface area contributed by atoms with Crippen LogP contribution < -0.4 is 10.6 Å². The summed E-state index contributed by atoms with van der Waals surface area (Å²) >= 11 is 11.6. The third-order valence-electron chi connectivity index (χ3n) is 2.78. The molecular weight excluding hydrogens is 343 g/mol. The number of carbonyl (C=O) groups is 3. The summed E-state index contributed by atoms with van der Waals surface area (Å²) < 4.78 is 4.77. The lowest BCUT2D eigenvalue weighted by Crippen LogP contribution is -2.37. The molecule has 0 aliphatic heterocycles. The van der Waals surface area contributed by atoms with Crippen molar-refractivity contribution >= 4 is 41.0 Å². The number of halogens is 2. The van der Waals surface area contributed by atoms with Gasteiger partial charge in [-0.25, -0.2) is 0 Å². The Kier molecular flexibility index (Phi) is 8.43. The number of amides is 2. The predicted molar refractivity (Wildman–Crippen MR) is 87.7 cm³/mol. The molecule has 23 heavy (non-hydrogen) atoms. The van der Waals surface area contributed by atoms with Gasteiger partial charge in [-0.3, -0.25) is 14.4 Å². The van der Waals surface area contributed by atoms with Crippen LogP contribution in [0.1, 0.15) is 30.1 Å². The predicted octanol–water partition coefficient (Wildman–Crippen LogP) is 2.18. The second-order valence-electron chi connectivity index (χ2n) is 4.57. The van der Waals surface area contributed by atoms with Crippen molar-refractivity contribution < 1.29 is 19.1 Å². The van der Waals surface area contributed by atoms with Crippen LogP contribution in [0.15, 0.2) is 18.2 Å². The Hall–Kier alpha value is -1.79. The molecular formula is C15H18Cl2N2O4. The first-order valence-electron chi connectivity index (χ1n) is 7.09. The maximum atomic E-state index is 11.8. The lowest BCUT2D eigenvalue weighted by atomic mass is 10.2. The zero-order valence-corrected chi connectivity index (χ0v) is 14.2. The van der Waals surface area contributed by atoms with Crippen LogP contribution in [0.5, 0.6) is 0 Å². The molecule has 1 rings (SSSR count). The third kappa shape index (κ3) is 7.34. The minimum atomic E-state index is -0.426. The number of rotatable bonds is 8. The van der Waals surface area contributed by atoms with Crippen LogP contribution in [0, 0.1) is 0 Å². The van der Waals surface area contributed by atoms with E-state index in [0.29, 0.717) is 30.2 Å². The molecule has 1 aromatic rings. The highest BCUT2D eigenvalue weighted by atomic mass is 35.5. The number of hydrogen-bond donors (Lipinski definition) is 2. The lowest BCUT2D eigenvalue weighted by molar-refractivity contribution is -0.143. The molecule has 0 saturated heterocycles. The van der Waals surface area contributed by atoms with E-state index in [1.807, 2.05) is 0 Å². The van der Waals surface area contributed by atoms with Crippen LogP contribution >= 0.6 is 23.2 Å². The van der Waals surface area contributed by atoms with Crippen LogP contribution in [0.3, 0.4) is 0 Å². The van der Waals surface area contributed by atoms with Crippen molar-refractivity contribution in [3.63, 3.8) is 0 Å². The normalized spacial score (nSPS) is 10.0. The minimum absolute atomic E-state index is 0.168. The van der Waals surface area contributed by atoms with Crippen molar-refractivity contribution in [2.75, 3.05) is 19.7 Å². The molecule has 0 saturated carbocycles. The van der Waals surface area contributed by atoms with Crippen molar-refractivity contribution in [1.82, 2.24) is 10.6 Å². The van der Waals surface area contributed by atoms with Gasteiger partial charge in [-0.15, -0.1) is 0 Å². The van der Waals surface area contributed by atoms with Gasteiger partial charge in [-0.2, -0.15) is 0 Å². The average Bonchev–Trinajstić information content (AvgIpc) is 2.52. The van der Waals surface area contributed by atoms with Crippen molar-refractivity contribution in [2.45, 2.75) is 19.8 Å². The first kappa shape index (κ1) is 19.3. The summed E-state index contributed by atoms with van der Waals surface area (Å²) in [5, 5.41) is 5.69. The van der Waals surface area contributed by atoms with Crippen molar-refractivity contribution in [1.29, 1.82) is 0 Å². The Morgan fingerprint density at radius 2 is 1.87 bits per heavy atom. The summed E-state index contributed by atoms with van der Waals surface area (Å²) in [4.78, 5) is 34.5. The van der Waals surface area contributed by atoms with E-state index in [-0.39, 0.29) is 29.9 Å². The number of ether oxygens (including phenoxy) is 1. The maximum absolute atomic E-state index is 11.8. The molecule has 0 fully saturated rings. The molecule has 0 unspecified atom stereocenters. The molecule has 6 nitrogen and oxygen atoms in total. The second kappa shape index (κ2) is 10.1. The van der Waals surface area contributed by atoms with Gasteiger partial charge < -0.3 is 15.4 Å². The smallest absolute Gasteiger partial charge is 0.305 e. The van der Waals surface area contributed by atoms with Gasteiger partial charge in [0.2, 0.25) is 5.91 Å². The molecule has 0 aliphatic carbocycles. The quantitative estimate of drug-likeness (QED) is 0.549. The van der Waals surface area contributed by atoms with Crippen LogP contribution in [0.4, 0.5) is 0 Å². The molecule has 0 aromatic heterocycles. The highest BCUT2D eigenvalue weighted by Crippen LogP contribution is 2.22. The molecule has 0 atom stereocenters. The fourth-order valence-corrected chi connectivity index (χ4v) is 1.95. The topological polar surface area (TPSA) is 84.5 Å². The van der Waals surface area contributed by atoms with Gasteiger partial charge in [-0.1, -0.05) is 23.2 Å². The fourth-order valence-electron chi connectivity index (χ4n) is 1.66. The van der Waals surface area contributed by atoms with E-state index >= 15 is 0 Å². The lowest BCUT2D eigenvalue weighted by Gasteiger charge is -2.07. The summed E-state index contributed by atoms with van der Waals surface area (Å²) in [5.74, 6) is -1.07. The van der Waals surface area contributed by atoms with Crippen molar-refractivity contribution in [3.8, 4) is 0 Å². The molecule has 126 valence electrons. The zero-order valence-electron chi connectivity index (χ0n) is 12.7. The summed E-state index contributed by atoms with van der Waals surface area (Å²) in [7, 11) is 0. The van der Waals surface area contributed by atoms with Crippen molar-refractivity contribution in [2.24, 2.45) is 0 Å². The molecule has 0 aliphatic rings. The highest BCUT2D eigenvalue weighted by molar-refractivity contribution is 6.42. The number of nitrogens with one attached hydrogen (secondary N) is 2. The standard InChI is InChI=1S/C15H18Cl2N2O4/c1-2-23-14(21)4-3-7-18-13(20)9-19-15(22)10-5-6-11(16)12(17)8-10/h5-6,8H,2-4,7,9H2,1H3,(H,18,20)(H,19,22). The Morgan fingerprint density at radius 1 is 1.13 bits per heavy atom. The Labute approximate surface area is 144 Å². The number of carbonyl (C=O) groups excluding carboxylic acids is 3. The van der Waals surface area contributed by atoms with Gasteiger partial charge in [-0.05, 0) is 31.5 Å². The van der Waals surface area contributed by atoms with Gasteiger partial charge in [0.1, 0.15) is 0 Å². The first-order chi connectivity index (χ1) is 10.9. The second-order valence-corrected chi connectivity index (χ2v) is 5.38. The van der Waals surface area contributed by atoms with E-state index in [0.717, 1.165) is 0 Å². The molecule has 0 spiro atoms. The molecule has 0 radical (unpaired) electrons. The molecule has 2 amide bonds. The maximum Gasteiger partial charge on any atom is 0.305 e. The number of benzene rings is 1. The number of esters is 1. The van der Waals surface area contributed by atoms with E-state index in [9.17, 15) is 14.4 Å². The zero-order chi connectivity index (χ0) is 17.2. The Balaban J connectivity index is 2.26. The molecule has 0 heterocycles. The van der Waals surface area contributed by atoms with Gasteiger partial charge in [0.05, 0.1) is 23.2 Å². The summed E-state index contributed by atoms with van der Waals surface area (Å²) in [6.45, 7) is 2.24. The van der Waals surface area contributed by atoms with E-state index in [2.05, 4.69) is 10.6 Å². The molecule has 0 bridgehead atoms. The number of hydrogen-bond acceptors (Lipinski definition) is 4. The minimum Gasteiger partial charge on any atom is -0.466 e. The SMILES string of the molecule is CCOC(=O)CCCNC(=O)CNC(=O)c1ccc(Cl)c(Cl)c1. The summed E-state index contributed by atoms with van der Waals surface area (Å²) in [6.07, 6.45) is 0.717. The largest absolute Gasteiger partial charge is 0.466 e. The summed E-state index contributed by atoms with van der Waals surface area (Å²) in [5.41, 5.74) is 0.314. The average molecular weight is 361 g/mol. The van der Waals surface area contributed by atoms with E-state index in [1.165, 1.54) is 18.2 Å². The van der Waals surface area contributed by atoms with Crippen LogP contribution in [-0.4, -0.2) is 37.5 Å². The molecule has 1 aromatic carbocycles. The van der Waals surface area contributed by atoms with Gasteiger partial charge in [0.25, 0.3) is 5.91 Å². The van der Waals surface area contributed by atoms with Gasteiger partial charge in [0, 0.05) is 18.5 Å². The highest BCUT2D eigenvalue weighted by Gasteiger charge is 2.10. The molecule has 2 N–H and O–H groups in total. The van der Waals surface area contributed by atoms with Crippen molar-refractivity contribution in [3.05, 3.63) is 33.8 Å². The third-order valence-corrected chi connectivity index (χ3v) is 3.52. The Morgan fingerprint density at radius 3 is 2.52 bits per heavy atom. The van der Waals surface area contributed by atoms with E-state index in [1.54, 1.807) is 6.92 Å². The summed E-state index contributed by atoms with van der Waals surface area (Å²) in [6, 6.07) is 4.45. The first-order valence-corrected chi connectivity index (χ1v) is 7.85. The van der Waals surface area contributed by atoms with Gasteiger partial charge in [0.15, 0.2) is 0 Å². The van der Waals surface area contributed by atoms with Gasteiger partial charge >= 0.3 is 5.97 Å². The molecule has 8 heteroatoms. The van der Waals surface area contributed by atoms with E-state index < -0.39 is 5.91 Å².